The van der Waals surface area contributed by atoms with Crippen molar-refractivity contribution in [3.8, 4) is 5.75 Å². The number of benzene rings is 1. The van der Waals surface area contributed by atoms with E-state index in [2.05, 4.69) is 4.98 Å². The number of alkyl halides is 9. The molecule has 1 aliphatic rings. The lowest BCUT2D eigenvalue weighted by molar-refractivity contribution is -0.166. The van der Waals surface area contributed by atoms with Crippen molar-refractivity contribution in [3.63, 3.8) is 0 Å². The second-order valence-electron chi connectivity index (χ2n) is 5.99. The molecular formula is C15H9F9N2O2. The van der Waals surface area contributed by atoms with Gasteiger partial charge in [0.1, 0.15) is 13.2 Å². The van der Waals surface area contributed by atoms with Crippen LogP contribution in [0, 0.1) is 0 Å². The number of fused-ring (bicyclic) bond motifs is 3. The Labute approximate surface area is 149 Å². The van der Waals surface area contributed by atoms with Gasteiger partial charge in [0, 0.05) is 6.07 Å². The van der Waals surface area contributed by atoms with E-state index < -0.39 is 71.2 Å². The van der Waals surface area contributed by atoms with Gasteiger partial charge in [-0.1, -0.05) is 0 Å². The van der Waals surface area contributed by atoms with E-state index in [-0.39, 0.29) is 11.0 Å². The average molecular weight is 420 g/mol. The molecule has 0 fully saturated rings. The molecule has 0 aliphatic carbocycles. The lowest BCUT2D eigenvalue weighted by atomic mass is 10.0. The molecule has 1 unspecified atom stereocenters. The number of nitrogens with one attached hydrogen (secondary N) is 1. The van der Waals surface area contributed by atoms with Gasteiger partial charge in [0.25, 0.3) is 0 Å². The minimum absolute atomic E-state index is 0.0937. The highest BCUT2D eigenvalue weighted by Gasteiger charge is 2.50. The van der Waals surface area contributed by atoms with Crippen molar-refractivity contribution < 1.29 is 44.3 Å². The van der Waals surface area contributed by atoms with Gasteiger partial charge in [-0.15, -0.1) is 0 Å². The Hall–Kier alpha value is -2.60. The van der Waals surface area contributed by atoms with Crippen LogP contribution in [0.5, 0.6) is 5.75 Å². The highest BCUT2D eigenvalue weighted by Crippen LogP contribution is 2.47. The van der Waals surface area contributed by atoms with Gasteiger partial charge >= 0.3 is 18.5 Å². The van der Waals surface area contributed by atoms with Gasteiger partial charge in [-0.25, -0.2) is 0 Å². The topological polar surface area (TPSA) is 45.3 Å². The van der Waals surface area contributed by atoms with Crippen LogP contribution < -0.4 is 15.2 Å². The van der Waals surface area contributed by atoms with Crippen molar-refractivity contribution in [3.05, 3.63) is 34.1 Å². The standard InChI is InChI=1S/C15H9F9N2O2/c16-13(17,18)5-26-8-2-1-7-11(6(14(19,20)21)3-10(27)25-7)12(8)28-4-9(26)15(22,23)24/h1-3,9H,4-5H2,(H,25,27). The molecule has 0 saturated carbocycles. The number of nitrogens with zero attached hydrogens (tertiary/aromatic N) is 1. The number of hydrogen-bond donors (Lipinski definition) is 1. The molecule has 0 radical (unpaired) electrons. The highest BCUT2D eigenvalue weighted by atomic mass is 19.4. The van der Waals surface area contributed by atoms with Crippen LogP contribution in [-0.4, -0.2) is 36.5 Å². The van der Waals surface area contributed by atoms with Crippen molar-refractivity contribution in [2.75, 3.05) is 18.1 Å². The zero-order valence-corrected chi connectivity index (χ0v) is 13.4. The lowest BCUT2D eigenvalue weighted by Gasteiger charge is -2.40. The monoisotopic (exact) mass is 420 g/mol. The molecule has 1 aromatic carbocycles. The van der Waals surface area contributed by atoms with Gasteiger partial charge < -0.3 is 14.6 Å². The molecule has 0 bridgehead atoms. The van der Waals surface area contributed by atoms with E-state index in [1.807, 2.05) is 0 Å². The Morgan fingerprint density at radius 3 is 2.25 bits per heavy atom. The number of ether oxygens (including phenoxy) is 1. The van der Waals surface area contributed by atoms with Crippen LogP contribution in [0.15, 0.2) is 23.0 Å². The maximum atomic E-state index is 13.3. The summed E-state index contributed by atoms with van der Waals surface area (Å²) < 4.78 is 123. The van der Waals surface area contributed by atoms with Crippen LogP contribution in [0.1, 0.15) is 5.56 Å². The zero-order valence-electron chi connectivity index (χ0n) is 13.4. The molecule has 2 aromatic rings. The van der Waals surface area contributed by atoms with Gasteiger partial charge in [-0.2, -0.15) is 39.5 Å². The molecule has 28 heavy (non-hydrogen) atoms. The van der Waals surface area contributed by atoms with Crippen LogP contribution in [-0.2, 0) is 6.18 Å². The maximum absolute atomic E-state index is 13.3. The number of aromatic nitrogens is 1. The van der Waals surface area contributed by atoms with Crippen LogP contribution >= 0.6 is 0 Å². The molecule has 0 saturated heterocycles. The number of H-pyrrole nitrogens is 1. The van der Waals surface area contributed by atoms with Gasteiger partial charge in [-0.3, -0.25) is 4.79 Å². The first-order chi connectivity index (χ1) is 12.7. The summed E-state index contributed by atoms with van der Waals surface area (Å²) in [5, 5.41) is -0.822. The number of halogens is 9. The molecule has 4 nitrogen and oxygen atoms in total. The number of rotatable bonds is 1. The Balaban J connectivity index is 2.30. The largest absolute Gasteiger partial charge is 0.488 e. The predicted octanol–water partition coefficient (Wildman–Crippen LogP) is 4.24. The van der Waals surface area contributed by atoms with E-state index in [0.29, 0.717) is 0 Å². The molecule has 0 spiro atoms. The van der Waals surface area contributed by atoms with Crippen molar-refractivity contribution in [1.82, 2.24) is 4.98 Å². The van der Waals surface area contributed by atoms with E-state index in [0.717, 1.165) is 12.1 Å². The van der Waals surface area contributed by atoms with Crippen LogP contribution in [0.3, 0.4) is 0 Å². The third-order valence-corrected chi connectivity index (χ3v) is 4.04. The maximum Gasteiger partial charge on any atom is 0.417 e. The number of aromatic amines is 1. The fourth-order valence-corrected chi connectivity index (χ4v) is 2.99. The molecule has 1 N–H and O–H groups in total. The SMILES string of the molecule is O=c1cc(C(F)(F)F)c2c3c(ccc2[nH]1)N(CC(F)(F)F)C(C(F)(F)F)CO3. The smallest absolute Gasteiger partial charge is 0.417 e. The highest BCUT2D eigenvalue weighted by molar-refractivity contribution is 5.94. The first kappa shape index (κ1) is 20.1. The molecule has 2 heterocycles. The summed E-state index contributed by atoms with van der Waals surface area (Å²) in [6.07, 6.45) is -15.3. The van der Waals surface area contributed by atoms with Gasteiger partial charge in [0.2, 0.25) is 5.56 Å². The van der Waals surface area contributed by atoms with Gasteiger partial charge in [0.15, 0.2) is 11.8 Å². The fraction of sp³-hybridized carbons (Fsp3) is 0.400. The minimum atomic E-state index is -5.13. The van der Waals surface area contributed by atoms with Crippen molar-refractivity contribution >= 4 is 16.6 Å². The number of hydrogen-bond acceptors (Lipinski definition) is 3. The Morgan fingerprint density at radius 2 is 1.71 bits per heavy atom. The molecule has 13 heteroatoms. The normalized spacial score (nSPS) is 18.2. The van der Waals surface area contributed by atoms with E-state index >= 15 is 0 Å². The Bertz CT molecular complexity index is 959. The third kappa shape index (κ3) is 3.69. The Kier molecular flexibility index (Phi) is 4.46. The molecule has 154 valence electrons. The van der Waals surface area contributed by atoms with Gasteiger partial charge in [0.05, 0.1) is 22.2 Å². The number of anilines is 1. The van der Waals surface area contributed by atoms with Crippen LogP contribution in [0.25, 0.3) is 10.9 Å². The fourth-order valence-electron chi connectivity index (χ4n) is 2.99. The average Bonchev–Trinajstić information content (AvgIpc) is 2.50. The third-order valence-electron chi connectivity index (χ3n) is 4.04. The first-order valence-electron chi connectivity index (χ1n) is 7.48. The lowest BCUT2D eigenvalue weighted by Crippen LogP contribution is -2.54. The summed E-state index contributed by atoms with van der Waals surface area (Å²) in [6, 6.07) is -1.000. The van der Waals surface area contributed by atoms with Crippen molar-refractivity contribution in [2.45, 2.75) is 24.6 Å². The second-order valence-corrected chi connectivity index (χ2v) is 5.99. The summed E-state index contributed by atoms with van der Waals surface area (Å²) in [5.41, 5.74) is -3.91. The molecule has 1 aliphatic heterocycles. The first-order valence-corrected chi connectivity index (χ1v) is 7.48. The molecule has 1 aromatic heterocycles. The predicted molar refractivity (Wildman–Crippen MR) is 78.3 cm³/mol. The van der Waals surface area contributed by atoms with Crippen molar-refractivity contribution in [1.29, 1.82) is 0 Å². The molecule has 1 atom stereocenters. The summed E-state index contributed by atoms with van der Waals surface area (Å²) in [5.74, 6) is -0.814. The van der Waals surface area contributed by atoms with E-state index in [9.17, 15) is 44.3 Å². The van der Waals surface area contributed by atoms with Crippen LogP contribution in [0.4, 0.5) is 45.2 Å². The quantitative estimate of drug-likeness (QED) is 0.703. The second kappa shape index (κ2) is 6.21. The zero-order chi connectivity index (χ0) is 21.1. The minimum Gasteiger partial charge on any atom is -0.488 e. The molecule has 3 rings (SSSR count). The molecular weight excluding hydrogens is 411 g/mol. The van der Waals surface area contributed by atoms with E-state index in [4.69, 9.17) is 4.74 Å². The summed E-state index contributed by atoms with van der Waals surface area (Å²) in [4.78, 5) is 13.4. The summed E-state index contributed by atoms with van der Waals surface area (Å²) in [6.45, 7) is -3.40. The van der Waals surface area contributed by atoms with E-state index in [1.165, 1.54) is 0 Å². The van der Waals surface area contributed by atoms with E-state index in [1.54, 1.807) is 0 Å². The molecule has 0 amide bonds. The summed E-state index contributed by atoms with van der Waals surface area (Å²) >= 11 is 0. The van der Waals surface area contributed by atoms with Crippen LogP contribution in [0.2, 0.25) is 0 Å². The van der Waals surface area contributed by atoms with Gasteiger partial charge in [-0.05, 0) is 12.1 Å². The van der Waals surface area contributed by atoms with Crippen molar-refractivity contribution in [2.24, 2.45) is 0 Å². The summed E-state index contributed by atoms with van der Waals surface area (Å²) in [7, 11) is 0. The number of pyridine rings is 1. The Morgan fingerprint density at radius 1 is 1.07 bits per heavy atom.